The third-order valence-corrected chi connectivity index (χ3v) is 10.5. The van der Waals surface area contributed by atoms with Crippen molar-refractivity contribution in [3.63, 3.8) is 0 Å². The van der Waals surface area contributed by atoms with E-state index in [4.69, 9.17) is 11.6 Å². The number of pyridine rings is 2. The van der Waals surface area contributed by atoms with Crippen molar-refractivity contribution in [1.29, 1.82) is 0 Å². The number of halogens is 1. The molecule has 0 spiro atoms. The normalized spacial score (nSPS) is 19.4. The number of aliphatic carboxylic acids is 1. The molecule has 4 aromatic rings. The smallest absolute Gasteiger partial charge is 0.304 e. The van der Waals surface area contributed by atoms with E-state index in [0.717, 1.165) is 48.3 Å². The molecule has 214 valence electrons. The first-order valence-electron chi connectivity index (χ1n) is 13.7. The van der Waals surface area contributed by atoms with Crippen molar-refractivity contribution in [2.24, 2.45) is 0 Å². The van der Waals surface area contributed by atoms with Gasteiger partial charge in [-0.05, 0) is 79.6 Å². The Morgan fingerprint density at radius 2 is 2.00 bits per heavy atom. The van der Waals surface area contributed by atoms with E-state index in [-0.39, 0.29) is 23.9 Å². The molecule has 2 atom stereocenters. The van der Waals surface area contributed by atoms with Crippen LogP contribution in [0.2, 0.25) is 5.02 Å². The van der Waals surface area contributed by atoms with Gasteiger partial charge in [0.15, 0.2) is 5.65 Å². The summed E-state index contributed by atoms with van der Waals surface area (Å²) in [5.41, 5.74) is 3.69. The topological polar surface area (TPSA) is 121 Å². The molecular weight excluding hydrogens is 564 g/mol. The fraction of sp³-hybridized carbons (Fsp3) is 0.379. The second-order valence-corrected chi connectivity index (χ2v) is 13.1. The van der Waals surface area contributed by atoms with E-state index in [1.807, 2.05) is 42.6 Å². The fourth-order valence-corrected chi connectivity index (χ4v) is 7.97. The van der Waals surface area contributed by atoms with Crippen LogP contribution in [0.1, 0.15) is 59.7 Å². The number of carboxylic acids is 1. The van der Waals surface area contributed by atoms with Crippen LogP contribution in [-0.2, 0) is 21.4 Å². The van der Waals surface area contributed by atoms with Crippen molar-refractivity contribution >= 4 is 39.1 Å². The molecule has 41 heavy (non-hydrogen) atoms. The van der Waals surface area contributed by atoms with Gasteiger partial charge in [0.05, 0.1) is 6.42 Å². The molecule has 1 unspecified atom stereocenters. The molecular formula is C29H31ClN6O4S. The van der Waals surface area contributed by atoms with Crippen LogP contribution in [0.25, 0.3) is 5.65 Å². The SMILES string of the molecule is Cc1c([C@H](CC(=O)O)c2ccc(Cl)c(CN3CC4CCCCN4c4ncccc4S3(=O)=O)c2)ccn2c(C)nnc12. The number of anilines is 1. The molecule has 1 N–H and O–H groups in total. The van der Waals surface area contributed by atoms with Crippen molar-refractivity contribution in [1.82, 2.24) is 23.9 Å². The van der Waals surface area contributed by atoms with Crippen LogP contribution in [0.4, 0.5) is 5.82 Å². The third kappa shape index (κ3) is 4.96. The second-order valence-electron chi connectivity index (χ2n) is 10.8. The number of benzene rings is 1. The van der Waals surface area contributed by atoms with Gasteiger partial charge < -0.3 is 10.0 Å². The Hall–Kier alpha value is -3.54. The molecule has 1 aromatic carbocycles. The molecule has 5 heterocycles. The first-order chi connectivity index (χ1) is 19.6. The highest BCUT2D eigenvalue weighted by atomic mass is 35.5. The maximum atomic E-state index is 14.0. The number of fused-ring (bicyclic) bond motifs is 4. The zero-order chi connectivity index (χ0) is 28.9. The van der Waals surface area contributed by atoms with Gasteiger partial charge in [0.2, 0.25) is 10.0 Å². The molecule has 0 radical (unpaired) electrons. The molecule has 0 saturated carbocycles. The van der Waals surface area contributed by atoms with Crippen molar-refractivity contribution < 1.29 is 18.3 Å². The molecule has 0 bridgehead atoms. The predicted octanol–water partition coefficient (Wildman–Crippen LogP) is 4.56. The van der Waals surface area contributed by atoms with E-state index in [2.05, 4.69) is 20.1 Å². The number of nitrogens with zero attached hydrogens (tertiary/aromatic N) is 6. The van der Waals surface area contributed by atoms with Gasteiger partial charge >= 0.3 is 5.97 Å². The molecule has 6 rings (SSSR count). The van der Waals surface area contributed by atoms with Gasteiger partial charge in [-0.2, -0.15) is 4.31 Å². The molecule has 2 aliphatic heterocycles. The van der Waals surface area contributed by atoms with Crippen LogP contribution < -0.4 is 4.90 Å². The van der Waals surface area contributed by atoms with Crippen molar-refractivity contribution in [2.45, 2.75) is 62.9 Å². The average molecular weight is 595 g/mol. The van der Waals surface area contributed by atoms with E-state index < -0.39 is 21.9 Å². The molecule has 12 heteroatoms. The monoisotopic (exact) mass is 594 g/mol. The quantitative estimate of drug-likeness (QED) is 0.345. The lowest BCUT2D eigenvalue weighted by Gasteiger charge is -2.36. The average Bonchev–Trinajstić information content (AvgIpc) is 3.30. The van der Waals surface area contributed by atoms with Crippen LogP contribution in [0, 0.1) is 13.8 Å². The summed E-state index contributed by atoms with van der Waals surface area (Å²) < 4.78 is 31.3. The maximum Gasteiger partial charge on any atom is 0.304 e. The van der Waals surface area contributed by atoms with Gasteiger partial charge in [-0.15, -0.1) is 10.2 Å². The number of aromatic nitrogens is 4. The third-order valence-electron chi connectivity index (χ3n) is 8.29. The summed E-state index contributed by atoms with van der Waals surface area (Å²) in [6, 6.07) is 10.6. The van der Waals surface area contributed by atoms with Crippen LogP contribution in [0.3, 0.4) is 0 Å². The Morgan fingerprint density at radius 1 is 1.17 bits per heavy atom. The molecule has 0 amide bonds. The number of piperidine rings is 1. The summed E-state index contributed by atoms with van der Waals surface area (Å²) >= 11 is 6.67. The lowest BCUT2D eigenvalue weighted by atomic mass is 9.86. The van der Waals surface area contributed by atoms with Crippen molar-refractivity contribution in [3.8, 4) is 0 Å². The molecule has 2 aliphatic rings. The van der Waals surface area contributed by atoms with Gasteiger partial charge in [0.25, 0.3) is 0 Å². The summed E-state index contributed by atoms with van der Waals surface area (Å²) in [5.74, 6) is -0.189. The first-order valence-corrected chi connectivity index (χ1v) is 15.5. The van der Waals surface area contributed by atoms with Crippen molar-refractivity contribution in [2.75, 3.05) is 18.0 Å². The lowest BCUT2D eigenvalue weighted by molar-refractivity contribution is -0.137. The van der Waals surface area contributed by atoms with Gasteiger partial charge in [0, 0.05) is 49.0 Å². The number of sulfonamides is 1. The van der Waals surface area contributed by atoms with Crippen LogP contribution in [-0.4, -0.2) is 62.5 Å². The van der Waals surface area contributed by atoms with E-state index in [1.54, 1.807) is 24.4 Å². The Morgan fingerprint density at radius 3 is 2.80 bits per heavy atom. The summed E-state index contributed by atoms with van der Waals surface area (Å²) in [6.07, 6.45) is 6.23. The summed E-state index contributed by atoms with van der Waals surface area (Å²) in [5, 5.41) is 18.7. The number of aryl methyl sites for hydroxylation is 2. The van der Waals surface area contributed by atoms with Gasteiger partial charge in [-0.1, -0.05) is 23.7 Å². The predicted molar refractivity (Wildman–Crippen MR) is 155 cm³/mol. The Balaban J connectivity index is 1.40. The Kier molecular flexibility index (Phi) is 7.21. The van der Waals surface area contributed by atoms with Crippen LogP contribution >= 0.6 is 11.6 Å². The van der Waals surface area contributed by atoms with Crippen LogP contribution in [0.5, 0.6) is 0 Å². The largest absolute Gasteiger partial charge is 0.481 e. The number of carbonyl (C=O) groups is 1. The highest BCUT2D eigenvalue weighted by Crippen LogP contribution is 2.38. The second kappa shape index (κ2) is 10.7. The lowest BCUT2D eigenvalue weighted by Crippen LogP contribution is -2.45. The van der Waals surface area contributed by atoms with E-state index in [1.165, 1.54) is 4.31 Å². The van der Waals surface area contributed by atoms with E-state index >= 15 is 0 Å². The molecule has 1 fully saturated rings. The number of hydrogen-bond acceptors (Lipinski definition) is 7. The maximum absolute atomic E-state index is 14.0. The number of hydrogen-bond donors (Lipinski definition) is 1. The highest BCUT2D eigenvalue weighted by molar-refractivity contribution is 7.89. The molecule has 10 nitrogen and oxygen atoms in total. The minimum atomic E-state index is -3.87. The molecule has 0 aliphatic carbocycles. The van der Waals surface area contributed by atoms with Crippen molar-refractivity contribution in [3.05, 3.63) is 81.9 Å². The van der Waals surface area contributed by atoms with Gasteiger partial charge in [-0.3, -0.25) is 9.20 Å². The molecule has 1 saturated heterocycles. The first kappa shape index (κ1) is 27.6. The molecule has 3 aromatic heterocycles. The Labute approximate surface area is 243 Å². The fourth-order valence-electron chi connectivity index (χ4n) is 6.18. The standard InChI is InChI=1S/C29H31ClN6O4S/c1-18-23(10-13-35-19(2)32-33-28(18)35)24(15-27(37)38)20-8-9-25(30)21(14-20)16-34-17-22-6-3-4-12-36(22)29-26(41(34,39)40)7-5-11-31-29/h5,7-11,13-14,22,24H,3-4,6,12,15-17H2,1-2H3,(H,37,38)/t22?,24-/m1/s1. The van der Waals surface area contributed by atoms with Gasteiger partial charge in [-0.25, -0.2) is 13.4 Å². The highest BCUT2D eigenvalue weighted by Gasteiger charge is 2.39. The number of carboxylic acid groups (broad SMARTS) is 1. The minimum Gasteiger partial charge on any atom is -0.481 e. The Bertz CT molecular complexity index is 1760. The zero-order valence-electron chi connectivity index (χ0n) is 22.9. The number of rotatable bonds is 6. The van der Waals surface area contributed by atoms with Crippen LogP contribution in [0.15, 0.2) is 53.7 Å². The van der Waals surface area contributed by atoms with E-state index in [9.17, 15) is 18.3 Å². The summed E-state index contributed by atoms with van der Waals surface area (Å²) in [4.78, 5) is 18.8. The summed E-state index contributed by atoms with van der Waals surface area (Å²) in [6.45, 7) is 4.92. The minimum absolute atomic E-state index is 0.0115. The summed E-state index contributed by atoms with van der Waals surface area (Å²) in [7, 11) is -3.87. The van der Waals surface area contributed by atoms with Gasteiger partial charge in [0.1, 0.15) is 16.5 Å². The van der Waals surface area contributed by atoms with E-state index in [0.29, 0.717) is 28.6 Å². The zero-order valence-corrected chi connectivity index (χ0v) is 24.4.